The highest BCUT2D eigenvalue weighted by molar-refractivity contribution is 5.96. The maximum absolute atomic E-state index is 13.5. The van der Waals surface area contributed by atoms with Gasteiger partial charge in [0, 0.05) is 13.6 Å². The Hall–Kier alpha value is -1.98. The second kappa shape index (κ2) is 6.82. The third-order valence-electron chi connectivity index (χ3n) is 2.58. The van der Waals surface area contributed by atoms with Crippen LogP contribution in [-0.2, 0) is 4.79 Å². The molecule has 1 rings (SSSR count). The van der Waals surface area contributed by atoms with E-state index in [0.29, 0.717) is 13.0 Å². The summed E-state index contributed by atoms with van der Waals surface area (Å²) in [5.74, 6) is -3.33. The summed E-state index contributed by atoms with van der Waals surface area (Å²) in [5, 5.41) is 2.39. The van der Waals surface area contributed by atoms with Crippen LogP contribution in [-0.4, -0.2) is 36.9 Å². The van der Waals surface area contributed by atoms with E-state index in [1.807, 2.05) is 6.92 Å². The zero-order valence-corrected chi connectivity index (χ0v) is 10.9. The standard InChI is InChI=1S/C13H16F2N2O2/c1-3-7-17(8-11(18)16-2)13(19)9-5-4-6-10(14)12(9)15/h4-6H,3,7-8H2,1-2H3,(H,16,18). The summed E-state index contributed by atoms with van der Waals surface area (Å²) in [6.07, 6.45) is 0.611. The van der Waals surface area contributed by atoms with Gasteiger partial charge in [-0.3, -0.25) is 9.59 Å². The van der Waals surface area contributed by atoms with Crippen LogP contribution < -0.4 is 5.32 Å². The summed E-state index contributed by atoms with van der Waals surface area (Å²) in [5.41, 5.74) is -0.364. The average molecular weight is 270 g/mol. The fraction of sp³-hybridized carbons (Fsp3) is 0.385. The molecule has 0 saturated carbocycles. The van der Waals surface area contributed by atoms with Crippen LogP contribution in [0.15, 0.2) is 18.2 Å². The third kappa shape index (κ3) is 3.74. The first kappa shape index (κ1) is 15.1. The summed E-state index contributed by atoms with van der Waals surface area (Å²) in [7, 11) is 1.44. The Morgan fingerprint density at radius 3 is 2.58 bits per heavy atom. The van der Waals surface area contributed by atoms with E-state index in [2.05, 4.69) is 5.32 Å². The van der Waals surface area contributed by atoms with Gasteiger partial charge in [0.2, 0.25) is 5.91 Å². The number of likely N-dealkylation sites (N-methyl/N-ethyl adjacent to an activating group) is 1. The van der Waals surface area contributed by atoms with E-state index >= 15 is 0 Å². The lowest BCUT2D eigenvalue weighted by Gasteiger charge is -2.21. The van der Waals surface area contributed by atoms with Crippen molar-refractivity contribution in [2.24, 2.45) is 0 Å². The number of carbonyl (C=O) groups is 2. The lowest BCUT2D eigenvalue weighted by Crippen LogP contribution is -2.40. The maximum Gasteiger partial charge on any atom is 0.257 e. The summed E-state index contributed by atoms with van der Waals surface area (Å²) in [6.45, 7) is 1.94. The Bertz CT molecular complexity index is 478. The molecule has 0 radical (unpaired) electrons. The van der Waals surface area contributed by atoms with Crippen LogP contribution in [0.2, 0.25) is 0 Å². The summed E-state index contributed by atoms with van der Waals surface area (Å²) < 4.78 is 26.6. The van der Waals surface area contributed by atoms with Crippen molar-refractivity contribution in [3.05, 3.63) is 35.4 Å². The normalized spacial score (nSPS) is 10.1. The van der Waals surface area contributed by atoms with E-state index in [1.165, 1.54) is 24.1 Å². The smallest absolute Gasteiger partial charge is 0.257 e. The molecule has 19 heavy (non-hydrogen) atoms. The number of hydrogen-bond acceptors (Lipinski definition) is 2. The number of rotatable bonds is 5. The van der Waals surface area contributed by atoms with Crippen molar-refractivity contribution in [1.82, 2.24) is 10.2 Å². The Labute approximate surface area is 110 Å². The second-order valence-corrected chi connectivity index (χ2v) is 4.00. The number of nitrogens with one attached hydrogen (secondary N) is 1. The van der Waals surface area contributed by atoms with E-state index in [4.69, 9.17) is 0 Å². The molecule has 0 spiro atoms. The molecule has 0 atom stereocenters. The van der Waals surface area contributed by atoms with Gasteiger partial charge in [0.25, 0.3) is 5.91 Å². The maximum atomic E-state index is 13.5. The van der Waals surface area contributed by atoms with Gasteiger partial charge in [-0.05, 0) is 18.6 Å². The van der Waals surface area contributed by atoms with Gasteiger partial charge in [-0.15, -0.1) is 0 Å². The van der Waals surface area contributed by atoms with Crippen LogP contribution in [0, 0.1) is 11.6 Å². The molecule has 0 aliphatic rings. The molecule has 0 saturated heterocycles. The molecule has 0 bridgehead atoms. The minimum Gasteiger partial charge on any atom is -0.358 e. The molecular formula is C13H16F2N2O2. The molecule has 1 N–H and O–H groups in total. The van der Waals surface area contributed by atoms with Crippen LogP contribution in [0.3, 0.4) is 0 Å². The quantitative estimate of drug-likeness (QED) is 0.882. The fourth-order valence-corrected chi connectivity index (χ4v) is 1.61. The first-order valence-electron chi connectivity index (χ1n) is 5.95. The highest BCUT2D eigenvalue weighted by atomic mass is 19.2. The lowest BCUT2D eigenvalue weighted by molar-refractivity contribution is -0.121. The Morgan fingerprint density at radius 1 is 1.32 bits per heavy atom. The highest BCUT2D eigenvalue weighted by Gasteiger charge is 2.22. The minimum absolute atomic E-state index is 0.181. The van der Waals surface area contributed by atoms with Gasteiger partial charge >= 0.3 is 0 Å². The molecule has 2 amide bonds. The lowest BCUT2D eigenvalue weighted by atomic mass is 10.1. The highest BCUT2D eigenvalue weighted by Crippen LogP contribution is 2.14. The molecule has 0 aliphatic heterocycles. The van der Waals surface area contributed by atoms with Crippen molar-refractivity contribution < 1.29 is 18.4 Å². The minimum atomic E-state index is -1.19. The molecular weight excluding hydrogens is 254 g/mol. The molecule has 4 nitrogen and oxygen atoms in total. The summed E-state index contributed by atoms with van der Waals surface area (Å²) in [4.78, 5) is 24.6. The zero-order valence-electron chi connectivity index (χ0n) is 10.9. The van der Waals surface area contributed by atoms with Crippen molar-refractivity contribution in [2.75, 3.05) is 20.1 Å². The second-order valence-electron chi connectivity index (χ2n) is 4.00. The van der Waals surface area contributed by atoms with Gasteiger partial charge in [-0.25, -0.2) is 8.78 Å². The number of amides is 2. The van der Waals surface area contributed by atoms with Crippen LogP contribution in [0.25, 0.3) is 0 Å². The monoisotopic (exact) mass is 270 g/mol. The fourth-order valence-electron chi connectivity index (χ4n) is 1.61. The van der Waals surface area contributed by atoms with Crippen molar-refractivity contribution in [3.63, 3.8) is 0 Å². The topological polar surface area (TPSA) is 49.4 Å². The van der Waals surface area contributed by atoms with Crippen LogP contribution in [0.5, 0.6) is 0 Å². The predicted molar refractivity (Wildman–Crippen MR) is 66.6 cm³/mol. The van der Waals surface area contributed by atoms with Crippen LogP contribution in [0.1, 0.15) is 23.7 Å². The Kier molecular flexibility index (Phi) is 5.41. The number of carbonyl (C=O) groups excluding carboxylic acids is 2. The SMILES string of the molecule is CCCN(CC(=O)NC)C(=O)c1cccc(F)c1F. The van der Waals surface area contributed by atoms with Gasteiger partial charge in [0.05, 0.1) is 12.1 Å². The average Bonchev–Trinajstić information content (AvgIpc) is 2.40. The van der Waals surface area contributed by atoms with Gasteiger partial charge in [0.1, 0.15) is 0 Å². The van der Waals surface area contributed by atoms with Crippen LogP contribution >= 0.6 is 0 Å². The Morgan fingerprint density at radius 2 is 2.00 bits per heavy atom. The van der Waals surface area contributed by atoms with Gasteiger partial charge < -0.3 is 10.2 Å². The third-order valence-corrected chi connectivity index (χ3v) is 2.58. The van der Waals surface area contributed by atoms with Crippen molar-refractivity contribution in [1.29, 1.82) is 0 Å². The molecule has 0 fully saturated rings. The Balaban J connectivity index is 2.98. The number of nitrogens with zero attached hydrogens (tertiary/aromatic N) is 1. The first-order valence-corrected chi connectivity index (χ1v) is 5.95. The summed E-state index contributed by atoms with van der Waals surface area (Å²) >= 11 is 0. The van der Waals surface area contributed by atoms with Crippen molar-refractivity contribution in [3.8, 4) is 0 Å². The van der Waals surface area contributed by atoms with Crippen molar-refractivity contribution in [2.45, 2.75) is 13.3 Å². The van der Waals surface area contributed by atoms with Crippen molar-refractivity contribution >= 4 is 11.8 Å². The zero-order chi connectivity index (χ0) is 14.4. The molecule has 1 aromatic rings. The van der Waals surface area contributed by atoms with Crippen LogP contribution in [0.4, 0.5) is 8.78 Å². The predicted octanol–water partition coefficient (Wildman–Crippen LogP) is 1.56. The molecule has 0 heterocycles. The van der Waals surface area contributed by atoms with Gasteiger partial charge in [0.15, 0.2) is 11.6 Å². The number of hydrogen-bond donors (Lipinski definition) is 1. The van der Waals surface area contributed by atoms with E-state index in [1.54, 1.807) is 0 Å². The molecule has 0 unspecified atom stereocenters. The molecule has 104 valence electrons. The summed E-state index contributed by atoms with van der Waals surface area (Å²) in [6, 6.07) is 3.40. The van der Waals surface area contributed by atoms with E-state index in [-0.39, 0.29) is 18.0 Å². The molecule has 1 aromatic carbocycles. The number of halogens is 2. The first-order chi connectivity index (χ1) is 9.01. The van der Waals surface area contributed by atoms with E-state index < -0.39 is 17.5 Å². The van der Waals surface area contributed by atoms with Gasteiger partial charge in [-0.2, -0.15) is 0 Å². The molecule has 0 aliphatic carbocycles. The van der Waals surface area contributed by atoms with E-state index in [0.717, 1.165) is 6.07 Å². The van der Waals surface area contributed by atoms with Gasteiger partial charge in [-0.1, -0.05) is 13.0 Å². The molecule has 0 aromatic heterocycles. The van der Waals surface area contributed by atoms with E-state index in [9.17, 15) is 18.4 Å². The number of benzene rings is 1. The largest absolute Gasteiger partial charge is 0.358 e. The molecule has 6 heteroatoms.